The maximum absolute atomic E-state index is 11.3. The van der Waals surface area contributed by atoms with E-state index >= 15 is 0 Å². The summed E-state index contributed by atoms with van der Waals surface area (Å²) in [5.41, 5.74) is 0.202. The smallest absolute Gasteiger partial charge is 0.404 e. The second-order valence-corrected chi connectivity index (χ2v) is 6.55. The van der Waals surface area contributed by atoms with Crippen LogP contribution < -0.4 is 15.4 Å². The number of ether oxygens (including phenoxy) is 2. The number of rotatable bonds is 6. The zero-order valence-electron chi connectivity index (χ0n) is 14.2. The van der Waals surface area contributed by atoms with Crippen molar-refractivity contribution in [1.82, 2.24) is 10.3 Å². The number of nitrogens with zero attached hydrogens (tertiary/aromatic N) is 2. The lowest BCUT2D eigenvalue weighted by molar-refractivity contribution is -0.384. The van der Waals surface area contributed by atoms with Gasteiger partial charge in [-0.1, -0.05) is 0 Å². The average Bonchev–Trinajstić information content (AvgIpc) is 3.07. The summed E-state index contributed by atoms with van der Waals surface area (Å²) in [6.07, 6.45) is 3.76. The minimum absolute atomic E-state index is 0.0654. The van der Waals surface area contributed by atoms with Crippen LogP contribution in [-0.4, -0.2) is 52.5 Å². The predicted molar refractivity (Wildman–Crippen MR) is 91.6 cm³/mol. The highest BCUT2D eigenvalue weighted by atomic mass is 16.6. The van der Waals surface area contributed by atoms with Crippen LogP contribution >= 0.6 is 0 Å². The van der Waals surface area contributed by atoms with E-state index in [0.29, 0.717) is 31.2 Å². The minimum atomic E-state index is -1.06. The molecule has 2 heterocycles. The Kier molecular flexibility index (Phi) is 5.71. The Hall–Kier alpha value is -2.62. The van der Waals surface area contributed by atoms with Gasteiger partial charge in [-0.15, -0.1) is 0 Å². The van der Waals surface area contributed by atoms with E-state index in [1.165, 1.54) is 12.3 Å². The van der Waals surface area contributed by atoms with Crippen molar-refractivity contribution in [3.63, 3.8) is 0 Å². The highest BCUT2D eigenvalue weighted by molar-refractivity contribution is 5.65. The van der Waals surface area contributed by atoms with Crippen molar-refractivity contribution in [2.45, 2.75) is 50.3 Å². The third-order valence-electron chi connectivity index (χ3n) is 4.59. The quantitative estimate of drug-likeness (QED) is 0.515. The van der Waals surface area contributed by atoms with Crippen LogP contribution in [0.4, 0.5) is 16.2 Å². The fourth-order valence-electron chi connectivity index (χ4n) is 3.38. The van der Waals surface area contributed by atoms with Gasteiger partial charge in [-0.05, 0) is 25.7 Å². The Morgan fingerprint density at radius 3 is 2.88 bits per heavy atom. The molecule has 10 nitrogen and oxygen atoms in total. The van der Waals surface area contributed by atoms with E-state index in [1.54, 1.807) is 0 Å². The summed E-state index contributed by atoms with van der Waals surface area (Å²) in [6.45, 7) is 1.11. The number of carbonyl (C=O) groups is 1. The zero-order valence-corrected chi connectivity index (χ0v) is 14.2. The molecule has 0 spiro atoms. The summed E-state index contributed by atoms with van der Waals surface area (Å²) < 4.78 is 11.0. The standard InChI is InChI=1S/C16H22N4O6/c21-16(22)19-11-3-1-2-10(6-11)18-13-7-15(17-8-14(13)20(23)24)26-12-4-5-25-9-12/h7-8,10-12,19H,1-6,9H2,(H,17,18)(H,21,22)/t10-,11+,12?/m1/s1. The molecule has 1 aliphatic heterocycles. The lowest BCUT2D eigenvalue weighted by atomic mass is 9.91. The molecule has 1 aliphatic carbocycles. The van der Waals surface area contributed by atoms with E-state index in [0.717, 1.165) is 25.7 Å². The largest absolute Gasteiger partial charge is 0.472 e. The maximum Gasteiger partial charge on any atom is 0.404 e. The van der Waals surface area contributed by atoms with Crippen LogP contribution in [0.5, 0.6) is 5.88 Å². The molecule has 3 N–H and O–H groups in total. The van der Waals surface area contributed by atoms with Crippen LogP contribution in [-0.2, 0) is 4.74 Å². The fourth-order valence-corrected chi connectivity index (χ4v) is 3.38. The molecule has 3 atom stereocenters. The molecule has 1 saturated carbocycles. The van der Waals surface area contributed by atoms with Gasteiger partial charge in [-0.2, -0.15) is 0 Å². The summed E-state index contributed by atoms with van der Waals surface area (Å²) in [6, 6.07) is 1.31. The summed E-state index contributed by atoms with van der Waals surface area (Å²) in [7, 11) is 0. The van der Waals surface area contributed by atoms with Crippen molar-refractivity contribution in [2.24, 2.45) is 0 Å². The Balaban J connectivity index is 1.71. The molecule has 10 heteroatoms. The van der Waals surface area contributed by atoms with Crippen molar-refractivity contribution >= 4 is 17.5 Å². The lowest BCUT2D eigenvalue weighted by Crippen LogP contribution is -2.41. The summed E-state index contributed by atoms with van der Waals surface area (Å²) >= 11 is 0. The topological polar surface area (TPSA) is 136 Å². The van der Waals surface area contributed by atoms with Gasteiger partial charge in [0.25, 0.3) is 0 Å². The van der Waals surface area contributed by atoms with E-state index < -0.39 is 11.0 Å². The first-order valence-electron chi connectivity index (χ1n) is 8.66. The third kappa shape index (κ3) is 4.72. The van der Waals surface area contributed by atoms with E-state index in [9.17, 15) is 14.9 Å². The van der Waals surface area contributed by atoms with Gasteiger partial charge in [-0.25, -0.2) is 9.78 Å². The van der Waals surface area contributed by atoms with Crippen LogP contribution in [0.3, 0.4) is 0 Å². The number of pyridine rings is 1. The number of anilines is 1. The molecule has 2 fully saturated rings. The summed E-state index contributed by atoms with van der Waals surface area (Å²) in [5, 5.41) is 25.8. The van der Waals surface area contributed by atoms with E-state index in [2.05, 4.69) is 15.6 Å². The second-order valence-electron chi connectivity index (χ2n) is 6.55. The van der Waals surface area contributed by atoms with E-state index in [4.69, 9.17) is 14.6 Å². The Morgan fingerprint density at radius 2 is 2.19 bits per heavy atom. The molecule has 2 aliphatic rings. The van der Waals surface area contributed by atoms with Gasteiger partial charge >= 0.3 is 11.8 Å². The van der Waals surface area contributed by atoms with Gasteiger partial charge in [0, 0.05) is 24.6 Å². The predicted octanol–water partition coefficient (Wildman–Crippen LogP) is 2.15. The van der Waals surface area contributed by atoms with Crippen LogP contribution in [0, 0.1) is 10.1 Å². The number of nitro groups is 1. The number of carboxylic acid groups (broad SMARTS) is 1. The number of amides is 1. The van der Waals surface area contributed by atoms with Gasteiger partial charge in [0.05, 0.1) is 18.1 Å². The van der Waals surface area contributed by atoms with Gasteiger partial charge in [-0.3, -0.25) is 10.1 Å². The normalized spacial score (nSPS) is 25.5. The molecule has 0 radical (unpaired) electrons. The Morgan fingerprint density at radius 1 is 1.38 bits per heavy atom. The van der Waals surface area contributed by atoms with Crippen LogP contribution in [0.25, 0.3) is 0 Å². The van der Waals surface area contributed by atoms with E-state index in [1.807, 2.05) is 0 Å². The Bertz CT molecular complexity index is 664. The first-order valence-corrected chi connectivity index (χ1v) is 8.66. The Labute approximate surface area is 150 Å². The highest BCUT2D eigenvalue weighted by Gasteiger charge is 2.26. The number of nitrogens with one attached hydrogen (secondary N) is 2. The van der Waals surface area contributed by atoms with Gasteiger partial charge in [0.2, 0.25) is 5.88 Å². The zero-order chi connectivity index (χ0) is 18.5. The molecule has 1 unspecified atom stereocenters. The molecule has 1 aromatic rings. The van der Waals surface area contributed by atoms with Crippen molar-refractivity contribution in [1.29, 1.82) is 0 Å². The molecule has 3 rings (SSSR count). The number of hydrogen-bond donors (Lipinski definition) is 3. The first kappa shape index (κ1) is 18.2. The monoisotopic (exact) mass is 366 g/mol. The van der Waals surface area contributed by atoms with Crippen molar-refractivity contribution in [2.75, 3.05) is 18.5 Å². The van der Waals surface area contributed by atoms with Crippen LogP contribution in [0.1, 0.15) is 32.1 Å². The van der Waals surface area contributed by atoms with Crippen molar-refractivity contribution in [3.8, 4) is 5.88 Å². The van der Waals surface area contributed by atoms with Crippen LogP contribution in [0.15, 0.2) is 12.3 Å². The molecule has 0 aromatic carbocycles. The number of hydrogen-bond acceptors (Lipinski definition) is 7. The molecule has 142 valence electrons. The SMILES string of the molecule is O=C(O)N[C@H]1CCC[C@@H](Nc2cc(OC3CCOC3)ncc2[N+](=O)[O-])C1. The van der Waals surface area contributed by atoms with Crippen molar-refractivity contribution < 1.29 is 24.3 Å². The second kappa shape index (κ2) is 8.17. The minimum Gasteiger partial charge on any atom is -0.472 e. The molecular weight excluding hydrogens is 344 g/mol. The third-order valence-corrected chi connectivity index (χ3v) is 4.59. The first-order chi connectivity index (χ1) is 12.5. The number of aromatic nitrogens is 1. The molecule has 1 aromatic heterocycles. The van der Waals surface area contributed by atoms with Crippen molar-refractivity contribution in [3.05, 3.63) is 22.4 Å². The lowest BCUT2D eigenvalue weighted by Gasteiger charge is -2.30. The molecule has 1 saturated heterocycles. The molecule has 0 bridgehead atoms. The highest BCUT2D eigenvalue weighted by Crippen LogP contribution is 2.31. The maximum atomic E-state index is 11.3. The van der Waals surface area contributed by atoms with Gasteiger partial charge < -0.3 is 25.2 Å². The van der Waals surface area contributed by atoms with Gasteiger partial charge in [0.1, 0.15) is 18.0 Å². The summed E-state index contributed by atoms with van der Waals surface area (Å²) in [4.78, 5) is 25.7. The van der Waals surface area contributed by atoms with Gasteiger partial charge in [0.15, 0.2) is 0 Å². The fraction of sp³-hybridized carbons (Fsp3) is 0.625. The van der Waals surface area contributed by atoms with E-state index in [-0.39, 0.29) is 23.9 Å². The average molecular weight is 366 g/mol. The molecular formula is C16H22N4O6. The molecule has 1 amide bonds. The molecule has 26 heavy (non-hydrogen) atoms. The summed E-state index contributed by atoms with van der Waals surface area (Å²) in [5.74, 6) is 0.310. The van der Waals surface area contributed by atoms with Crippen LogP contribution in [0.2, 0.25) is 0 Å².